The first-order valence-electron chi connectivity index (χ1n) is 10.3. The predicted molar refractivity (Wildman–Crippen MR) is 115 cm³/mol. The molecule has 2 aromatic rings. The third-order valence-corrected chi connectivity index (χ3v) is 7.05. The van der Waals surface area contributed by atoms with Crippen molar-refractivity contribution in [1.82, 2.24) is 0 Å². The molecule has 0 radical (unpaired) electrons. The van der Waals surface area contributed by atoms with E-state index in [2.05, 4.69) is 10.0 Å². The quantitative estimate of drug-likeness (QED) is 0.563. The van der Waals surface area contributed by atoms with Crippen molar-refractivity contribution in [3.8, 4) is 0 Å². The maximum atomic E-state index is 13.9. The van der Waals surface area contributed by atoms with Crippen LogP contribution in [-0.4, -0.2) is 24.2 Å². The summed E-state index contributed by atoms with van der Waals surface area (Å²) in [6, 6.07) is 10.6. The highest BCUT2D eigenvalue weighted by atomic mass is 35.5. The van der Waals surface area contributed by atoms with Gasteiger partial charge >= 0.3 is 6.18 Å². The van der Waals surface area contributed by atoms with Crippen molar-refractivity contribution in [2.75, 3.05) is 16.5 Å². The fraction of sp³-hybridized carbons (Fsp3) is 0.391. The van der Waals surface area contributed by atoms with Crippen LogP contribution in [0.3, 0.4) is 0 Å². The first-order chi connectivity index (χ1) is 14.7. The second-order valence-electron chi connectivity index (χ2n) is 8.47. The monoisotopic (exact) mass is 447 g/mol. The lowest BCUT2D eigenvalue weighted by Gasteiger charge is -2.51. The highest BCUT2D eigenvalue weighted by Gasteiger charge is 2.59. The lowest BCUT2D eigenvalue weighted by atomic mass is 9.65. The second-order valence-corrected chi connectivity index (χ2v) is 8.91. The Labute approximate surface area is 183 Å². The molecular weight excluding hydrogens is 427 g/mol. The topological polar surface area (TPSA) is 35.9 Å². The molecule has 0 bridgehead atoms. The molecule has 5 rings (SSSR count). The third kappa shape index (κ3) is 3.04. The van der Waals surface area contributed by atoms with Crippen molar-refractivity contribution < 1.29 is 18.0 Å². The molecule has 3 aliphatic heterocycles. The van der Waals surface area contributed by atoms with Crippen LogP contribution in [0.15, 0.2) is 47.6 Å². The van der Waals surface area contributed by atoms with Gasteiger partial charge in [-0.2, -0.15) is 23.3 Å². The van der Waals surface area contributed by atoms with Crippen LogP contribution in [0.25, 0.3) is 0 Å². The molecule has 0 N–H and O–H groups in total. The van der Waals surface area contributed by atoms with E-state index in [1.54, 1.807) is 30.3 Å². The van der Waals surface area contributed by atoms with Crippen LogP contribution in [-0.2, 0) is 17.4 Å². The zero-order valence-corrected chi connectivity index (χ0v) is 17.7. The van der Waals surface area contributed by atoms with Gasteiger partial charge in [-0.25, -0.2) is 0 Å². The molecule has 1 spiro atoms. The van der Waals surface area contributed by atoms with Crippen molar-refractivity contribution in [3.63, 3.8) is 0 Å². The molecule has 2 atom stereocenters. The normalized spacial score (nSPS) is 25.5. The zero-order valence-electron chi connectivity index (χ0n) is 16.9. The second kappa shape index (κ2) is 6.99. The first kappa shape index (κ1) is 20.4. The van der Waals surface area contributed by atoms with E-state index in [4.69, 9.17) is 11.6 Å². The number of piperidine rings is 1. The van der Waals surface area contributed by atoms with Crippen LogP contribution in [0, 0.1) is 5.41 Å². The summed E-state index contributed by atoms with van der Waals surface area (Å²) in [5.74, 6) is -0.188. The van der Waals surface area contributed by atoms with Gasteiger partial charge in [0.05, 0.1) is 17.0 Å². The third-order valence-electron chi connectivity index (χ3n) is 6.80. The van der Waals surface area contributed by atoms with Gasteiger partial charge in [0.2, 0.25) is 0 Å². The number of hydrazone groups is 1. The van der Waals surface area contributed by atoms with Crippen molar-refractivity contribution in [3.05, 3.63) is 58.6 Å². The van der Waals surface area contributed by atoms with Crippen LogP contribution < -0.4 is 9.91 Å². The van der Waals surface area contributed by atoms with Gasteiger partial charge in [-0.15, -0.1) is 0 Å². The van der Waals surface area contributed by atoms with Gasteiger partial charge in [0.1, 0.15) is 5.41 Å². The van der Waals surface area contributed by atoms with E-state index in [0.29, 0.717) is 28.5 Å². The highest BCUT2D eigenvalue weighted by molar-refractivity contribution is 6.30. The van der Waals surface area contributed by atoms with E-state index >= 15 is 0 Å². The lowest BCUT2D eigenvalue weighted by Crippen LogP contribution is -2.61. The standard InChI is InChI=1S/C23H21ClF3N3O/c1-14-22(21(31)30(28-14)18-8-6-17(24)7-9-18)13-15-12-16(23(25,26)27)5-10-19(15)29-11-3-2-4-20(22)29/h5-10,12,20H,2-4,11,13H2,1H3/t20-,22+/m1/s1. The van der Waals surface area contributed by atoms with Crippen molar-refractivity contribution in [1.29, 1.82) is 0 Å². The first-order valence-corrected chi connectivity index (χ1v) is 10.7. The summed E-state index contributed by atoms with van der Waals surface area (Å²) in [5.41, 5.74) is 0.932. The summed E-state index contributed by atoms with van der Waals surface area (Å²) in [6.45, 7) is 2.53. The van der Waals surface area contributed by atoms with Crippen LogP contribution in [0.4, 0.5) is 24.5 Å². The van der Waals surface area contributed by atoms with Crippen molar-refractivity contribution >= 4 is 34.6 Å². The number of anilines is 2. The Morgan fingerprint density at radius 2 is 1.87 bits per heavy atom. The lowest BCUT2D eigenvalue weighted by molar-refractivity contribution is -0.137. The van der Waals surface area contributed by atoms with E-state index in [1.165, 1.54) is 11.1 Å². The van der Waals surface area contributed by atoms with Gasteiger partial charge in [0.15, 0.2) is 0 Å². The molecule has 3 aliphatic rings. The Hall–Kier alpha value is -2.54. The number of fused-ring (bicyclic) bond motifs is 4. The predicted octanol–water partition coefficient (Wildman–Crippen LogP) is 5.68. The molecule has 3 heterocycles. The van der Waals surface area contributed by atoms with Crippen LogP contribution in [0.5, 0.6) is 0 Å². The SMILES string of the molecule is CC1=NN(c2ccc(Cl)cc2)C(=O)[C@@]12Cc1cc(C(F)(F)F)ccc1N1CCCC[C@@H]12. The Kier molecular flexibility index (Phi) is 4.59. The maximum absolute atomic E-state index is 13.9. The van der Waals surface area contributed by atoms with E-state index in [9.17, 15) is 18.0 Å². The van der Waals surface area contributed by atoms with E-state index in [-0.39, 0.29) is 18.4 Å². The molecule has 1 saturated heterocycles. The number of amides is 1. The average Bonchev–Trinajstić information content (AvgIpc) is 2.99. The molecule has 2 aromatic carbocycles. The molecule has 162 valence electrons. The summed E-state index contributed by atoms with van der Waals surface area (Å²) in [6.07, 6.45) is -1.50. The number of carbonyl (C=O) groups is 1. The number of benzene rings is 2. The van der Waals surface area contributed by atoms with Gasteiger partial charge in [0.25, 0.3) is 5.91 Å². The minimum atomic E-state index is -4.43. The van der Waals surface area contributed by atoms with Crippen LogP contribution in [0.1, 0.15) is 37.3 Å². The number of halogens is 4. The molecule has 8 heteroatoms. The Morgan fingerprint density at radius 1 is 1.13 bits per heavy atom. The molecule has 0 saturated carbocycles. The smallest absolute Gasteiger partial charge is 0.367 e. The number of rotatable bonds is 1. The molecule has 0 aromatic heterocycles. The summed E-state index contributed by atoms with van der Waals surface area (Å²) in [5, 5.41) is 6.53. The van der Waals surface area contributed by atoms with Gasteiger partial charge in [-0.3, -0.25) is 4.79 Å². The maximum Gasteiger partial charge on any atom is 0.416 e. The van der Waals surface area contributed by atoms with Gasteiger partial charge < -0.3 is 4.90 Å². The van der Waals surface area contributed by atoms with E-state index < -0.39 is 17.2 Å². The van der Waals surface area contributed by atoms with Crippen molar-refractivity contribution in [2.45, 2.75) is 44.8 Å². The van der Waals surface area contributed by atoms with Crippen molar-refractivity contribution in [2.24, 2.45) is 10.5 Å². The van der Waals surface area contributed by atoms with Gasteiger partial charge in [0, 0.05) is 23.3 Å². The molecule has 31 heavy (non-hydrogen) atoms. The largest absolute Gasteiger partial charge is 0.416 e. The number of hydrogen-bond donors (Lipinski definition) is 0. The fourth-order valence-electron chi connectivity index (χ4n) is 5.31. The summed E-state index contributed by atoms with van der Waals surface area (Å²) >= 11 is 5.99. The average molecular weight is 448 g/mol. The number of hydrogen-bond acceptors (Lipinski definition) is 3. The van der Waals surface area contributed by atoms with Crippen LogP contribution >= 0.6 is 11.6 Å². The summed E-state index contributed by atoms with van der Waals surface area (Å²) < 4.78 is 40.2. The number of alkyl halides is 3. The van der Waals surface area contributed by atoms with Gasteiger partial charge in [-0.05, 0) is 80.6 Å². The van der Waals surface area contributed by atoms with E-state index in [0.717, 1.165) is 31.0 Å². The Morgan fingerprint density at radius 3 is 2.58 bits per heavy atom. The zero-order chi connectivity index (χ0) is 22.0. The number of nitrogens with zero attached hydrogens (tertiary/aromatic N) is 3. The Bertz CT molecular complexity index is 1080. The molecule has 1 fully saturated rings. The fourth-order valence-corrected chi connectivity index (χ4v) is 5.43. The number of carbonyl (C=O) groups excluding carboxylic acids is 1. The molecule has 4 nitrogen and oxygen atoms in total. The molecule has 0 unspecified atom stereocenters. The van der Waals surface area contributed by atoms with Gasteiger partial charge in [-0.1, -0.05) is 11.6 Å². The van der Waals surface area contributed by atoms with E-state index in [1.807, 2.05) is 6.92 Å². The molecule has 1 amide bonds. The summed E-state index contributed by atoms with van der Waals surface area (Å²) in [7, 11) is 0. The highest BCUT2D eigenvalue weighted by Crippen LogP contribution is 2.50. The minimum Gasteiger partial charge on any atom is -0.367 e. The Balaban J connectivity index is 1.62. The molecular formula is C23H21ClF3N3O. The minimum absolute atomic E-state index is 0.126. The van der Waals surface area contributed by atoms with Crippen LogP contribution in [0.2, 0.25) is 5.02 Å². The molecule has 0 aliphatic carbocycles. The summed E-state index contributed by atoms with van der Waals surface area (Å²) in [4.78, 5) is 16.0.